The maximum absolute atomic E-state index is 6.86. The second-order valence-corrected chi connectivity index (χ2v) is 16.4. The molecule has 12 rings (SSSR count). The Morgan fingerprint density at radius 1 is 0.357 bits per heavy atom. The fraction of sp³-hybridized carbons (Fsp3) is 0.118. The van der Waals surface area contributed by atoms with Crippen molar-refractivity contribution in [2.45, 2.75) is 38.5 Å². The molecule has 0 spiro atoms. The van der Waals surface area contributed by atoms with Gasteiger partial charge in [-0.25, -0.2) is 15.0 Å². The van der Waals surface area contributed by atoms with Gasteiger partial charge in [-0.1, -0.05) is 131 Å². The molecule has 56 heavy (non-hydrogen) atoms. The smallest absolute Gasteiger partial charge is 0.167 e. The van der Waals surface area contributed by atoms with E-state index in [0.29, 0.717) is 17.5 Å². The van der Waals surface area contributed by atoms with Crippen molar-refractivity contribution in [3.05, 3.63) is 162 Å². The van der Waals surface area contributed by atoms with E-state index in [1.807, 2.05) is 24.3 Å². The van der Waals surface area contributed by atoms with E-state index in [9.17, 15) is 0 Å². The first-order valence-electron chi connectivity index (χ1n) is 19.3. The van der Waals surface area contributed by atoms with Gasteiger partial charge in [0.05, 0.1) is 11.1 Å². The van der Waals surface area contributed by atoms with Gasteiger partial charge in [-0.2, -0.15) is 0 Å². The highest BCUT2D eigenvalue weighted by Gasteiger charge is 2.37. The molecule has 0 fully saturated rings. The van der Waals surface area contributed by atoms with Gasteiger partial charge in [0.1, 0.15) is 22.3 Å². The van der Waals surface area contributed by atoms with E-state index in [4.69, 9.17) is 23.8 Å². The average molecular weight is 722 g/mol. The molecule has 10 aromatic rings. The summed E-state index contributed by atoms with van der Waals surface area (Å²) in [5, 5.41) is 4.19. The van der Waals surface area contributed by atoms with E-state index < -0.39 is 0 Å². The molecule has 0 bridgehead atoms. The highest BCUT2D eigenvalue weighted by molar-refractivity contribution is 6.12. The quantitative estimate of drug-likeness (QED) is 0.182. The third kappa shape index (κ3) is 4.17. The van der Waals surface area contributed by atoms with Crippen molar-refractivity contribution in [3.8, 4) is 56.4 Å². The lowest BCUT2D eigenvalue weighted by molar-refractivity contribution is 0.647. The zero-order valence-corrected chi connectivity index (χ0v) is 31.4. The summed E-state index contributed by atoms with van der Waals surface area (Å²) in [6, 6.07) is 49.2. The molecule has 3 aromatic heterocycles. The summed E-state index contributed by atoms with van der Waals surface area (Å²) in [5.41, 5.74) is 15.7. The molecule has 2 aliphatic rings. The molecule has 0 saturated heterocycles. The van der Waals surface area contributed by atoms with Gasteiger partial charge in [-0.3, -0.25) is 0 Å². The number of para-hydroxylation sites is 3. The zero-order valence-electron chi connectivity index (χ0n) is 31.4. The second kappa shape index (κ2) is 10.9. The van der Waals surface area contributed by atoms with Gasteiger partial charge in [0, 0.05) is 37.9 Å². The Morgan fingerprint density at radius 3 is 1.55 bits per heavy atom. The maximum Gasteiger partial charge on any atom is 0.167 e. The minimum absolute atomic E-state index is 0.136. The third-order valence-corrected chi connectivity index (χ3v) is 12.6. The summed E-state index contributed by atoms with van der Waals surface area (Å²) in [5.74, 6) is 1.69. The third-order valence-electron chi connectivity index (χ3n) is 12.6. The summed E-state index contributed by atoms with van der Waals surface area (Å²) < 4.78 is 13.4. The molecule has 0 saturated carbocycles. The Labute approximate surface area is 323 Å². The first-order valence-corrected chi connectivity index (χ1v) is 19.3. The Balaban J connectivity index is 1.10. The van der Waals surface area contributed by atoms with Crippen LogP contribution in [0, 0.1) is 0 Å². The van der Waals surface area contributed by atoms with Gasteiger partial charge in [0.2, 0.25) is 0 Å². The number of nitrogens with zero attached hydrogens (tertiary/aromatic N) is 3. The predicted octanol–water partition coefficient (Wildman–Crippen LogP) is 13.3. The number of fused-ring (bicyclic) bond motifs is 12. The van der Waals surface area contributed by atoms with Crippen molar-refractivity contribution >= 4 is 43.9 Å². The molecular weight excluding hydrogens is 687 g/mol. The SMILES string of the molecule is CC1(C)c2ccccc2-c2ccc(-c3nc(-c4cccc5c4oc4ccccc45)nc(-c4cccc5c4oc4cc6c(cc45)-c4ccccc4C6(C)C)n3)cc21. The van der Waals surface area contributed by atoms with Crippen LogP contribution in [-0.4, -0.2) is 15.0 Å². The summed E-state index contributed by atoms with van der Waals surface area (Å²) in [4.78, 5) is 15.7. The number of rotatable bonds is 3. The largest absolute Gasteiger partial charge is 0.455 e. The molecule has 0 unspecified atom stereocenters. The number of hydrogen-bond donors (Lipinski definition) is 0. The van der Waals surface area contributed by atoms with E-state index in [-0.39, 0.29) is 10.8 Å². The minimum atomic E-state index is -0.171. The topological polar surface area (TPSA) is 65.0 Å². The molecular formula is C51H35N3O2. The van der Waals surface area contributed by atoms with Crippen LogP contribution < -0.4 is 0 Å². The van der Waals surface area contributed by atoms with Crippen LogP contribution in [-0.2, 0) is 10.8 Å². The van der Waals surface area contributed by atoms with E-state index in [1.165, 1.54) is 44.5 Å². The van der Waals surface area contributed by atoms with Crippen molar-refractivity contribution in [1.82, 2.24) is 15.0 Å². The molecule has 0 aliphatic heterocycles. The molecule has 0 N–H and O–H groups in total. The summed E-state index contributed by atoms with van der Waals surface area (Å²) in [7, 11) is 0. The van der Waals surface area contributed by atoms with E-state index in [2.05, 4.69) is 143 Å². The number of hydrogen-bond acceptors (Lipinski definition) is 5. The Bertz CT molecular complexity index is 3330. The minimum Gasteiger partial charge on any atom is -0.455 e. The number of benzene rings is 7. The molecule has 5 heteroatoms. The average Bonchev–Trinajstić information content (AvgIpc) is 3.92. The lowest BCUT2D eigenvalue weighted by atomic mass is 9.82. The fourth-order valence-corrected chi connectivity index (χ4v) is 9.68. The summed E-state index contributed by atoms with van der Waals surface area (Å²) in [6.45, 7) is 9.19. The van der Waals surface area contributed by atoms with Gasteiger partial charge in [-0.15, -0.1) is 0 Å². The summed E-state index contributed by atoms with van der Waals surface area (Å²) in [6.07, 6.45) is 0. The van der Waals surface area contributed by atoms with Gasteiger partial charge < -0.3 is 8.83 Å². The van der Waals surface area contributed by atoms with Crippen molar-refractivity contribution in [3.63, 3.8) is 0 Å². The standard InChI is InChI=1S/C51H35N3O2/c1-50(2)39-20-8-5-13-29(39)31-24-23-28(25-41(31)50)47-52-48(35-18-11-16-33-32-15-7-10-22-43(32)55-45(33)35)54-49(53-47)36-19-12-17-34-38-26-37-30-14-6-9-21-40(30)51(3,4)42(37)27-44(38)56-46(34)36/h5-27H,1-4H3. The highest BCUT2D eigenvalue weighted by atomic mass is 16.3. The Morgan fingerprint density at radius 2 is 0.857 bits per heavy atom. The van der Waals surface area contributed by atoms with Gasteiger partial charge >= 0.3 is 0 Å². The summed E-state index contributed by atoms with van der Waals surface area (Å²) >= 11 is 0. The van der Waals surface area contributed by atoms with Crippen LogP contribution in [0.5, 0.6) is 0 Å². The lowest BCUT2D eigenvalue weighted by Gasteiger charge is -2.21. The van der Waals surface area contributed by atoms with Crippen LogP contribution in [0.3, 0.4) is 0 Å². The van der Waals surface area contributed by atoms with Crippen LogP contribution in [0.1, 0.15) is 49.9 Å². The van der Waals surface area contributed by atoms with Crippen molar-refractivity contribution in [1.29, 1.82) is 0 Å². The lowest BCUT2D eigenvalue weighted by Crippen LogP contribution is -2.15. The predicted molar refractivity (Wildman–Crippen MR) is 226 cm³/mol. The van der Waals surface area contributed by atoms with Crippen molar-refractivity contribution in [2.75, 3.05) is 0 Å². The van der Waals surface area contributed by atoms with Gasteiger partial charge in [0.15, 0.2) is 17.5 Å². The second-order valence-electron chi connectivity index (χ2n) is 16.4. The zero-order chi connectivity index (χ0) is 37.5. The monoisotopic (exact) mass is 721 g/mol. The van der Waals surface area contributed by atoms with Crippen LogP contribution in [0.4, 0.5) is 0 Å². The molecule has 5 nitrogen and oxygen atoms in total. The fourth-order valence-electron chi connectivity index (χ4n) is 9.68. The number of aromatic nitrogens is 3. The van der Waals surface area contributed by atoms with E-state index >= 15 is 0 Å². The molecule has 7 aromatic carbocycles. The normalized spacial score (nSPS) is 14.7. The maximum atomic E-state index is 6.86. The van der Waals surface area contributed by atoms with Crippen molar-refractivity contribution in [2.24, 2.45) is 0 Å². The van der Waals surface area contributed by atoms with Crippen LogP contribution in [0.25, 0.3) is 100 Å². The Hall–Kier alpha value is -6.85. The van der Waals surface area contributed by atoms with Gasteiger partial charge in [0.25, 0.3) is 0 Å². The molecule has 0 atom stereocenters. The molecule has 3 heterocycles. The number of furan rings is 2. The first kappa shape index (κ1) is 31.5. The molecule has 0 amide bonds. The van der Waals surface area contributed by atoms with Crippen LogP contribution in [0.2, 0.25) is 0 Å². The van der Waals surface area contributed by atoms with Crippen LogP contribution >= 0.6 is 0 Å². The van der Waals surface area contributed by atoms with Gasteiger partial charge in [-0.05, 0) is 80.9 Å². The molecule has 2 aliphatic carbocycles. The Kier molecular flexibility index (Phi) is 6.12. The molecule has 266 valence electrons. The van der Waals surface area contributed by atoms with Crippen molar-refractivity contribution < 1.29 is 8.83 Å². The van der Waals surface area contributed by atoms with Crippen LogP contribution in [0.15, 0.2) is 148 Å². The first-order chi connectivity index (χ1) is 27.3. The highest BCUT2D eigenvalue weighted by Crippen LogP contribution is 2.52. The van der Waals surface area contributed by atoms with E-state index in [1.54, 1.807) is 0 Å². The van der Waals surface area contributed by atoms with E-state index in [0.717, 1.165) is 60.6 Å². The molecule has 0 radical (unpaired) electrons.